The summed E-state index contributed by atoms with van der Waals surface area (Å²) in [4.78, 5) is 15.6. The minimum atomic E-state index is -0.853. The fraction of sp³-hybridized carbons (Fsp3) is 0.538. The van der Waals surface area contributed by atoms with Crippen molar-refractivity contribution in [3.05, 3.63) is 28.2 Å². The standard InChI is InChI=1S/C13H16BrFN2O2/c14-11-6-9(10(15)7-16-11)12(18)17-8-13(19)4-2-1-3-5-13/h6-7,19H,1-5,8H2,(H,17,18). The molecule has 1 aromatic rings. The zero-order valence-corrected chi connectivity index (χ0v) is 12.0. The number of halogens is 2. The predicted molar refractivity (Wildman–Crippen MR) is 72.3 cm³/mol. The highest BCUT2D eigenvalue weighted by Gasteiger charge is 2.29. The Morgan fingerprint density at radius 3 is 2.84 bits per heavy atom. The Morgan fingerprint density at radius 1 is 1.47 bits per heavy atom. The van der Waals surface area contributed by atoms with Crippen LogP contribution >= 0.6 is 15.9 Å². The summed E-state index contributed by atoms with van der Waals surface area (Å²) < 4.78 is 13.9. The normalized spacial score (nSPS) is 18.1. The molecule has 1 saturated carbocycles. The van der Waals surface area contributed by atoms with Gasteiger partial charge < -0.3 is 10.4 Å². The second kappa shape index (κ2) is 5.96. The van der Waals surface area contributed by atoms with Gasteiger partial charge in [-0.3, -0.25) is 4.79 Å². The predicted octanol–water partition coefficient (Wildman–Crippen LogP) is 2.41. The molecule has 4 nitrogen and oxygen atoms in total. The molecule has 1 aliphatic carbocycles. The van der Waals surface area contributed by atoms with Crippen molar-refractivity contribution in [3.8, 4) is 0 Å². The van der Waals surface area contributed by atoms with Crippen LogP contribution in [-0.2, 0) is 0 Å². The van der Waals surface area contributed by atoms with Crippen molar-refractivity contribution in [2.75, 3.05) is 6.54 Å². The number of carbonyl (C=O) groups is 1. The smallest absolute Gasteiger partial charge is 0.254 e. The van der Waals surface area contributed by atoms with Gasteiger partial charge in [0.2, 0.25) is 0 Å². The highest BCUT2D eigenvalue weighted by atomic mass is 79.9. The lowest BCUT2D eigenvalue weighted by atomic mass is 9.85. The molecule has 2 N–H and O–H groups in total. The quantitative estimate of drug-likeness (QED) is 0.836. The number of rotatable bonds is 3. The molecular weight excluding hydrogens is 315 g/mol. The minimum Gasteiger partial charge on any atom is -0.388 e. The maximum absolute atomic E-state index is 13.5. The van der Waals surface area contributed by atoms with Crippen LogP contribution in [0.5, 0.6) is 0 Å². The molecule has 19 heavy (non-hydrogen) atoms. The van der Waals surface area contributed by atoms with Crippen molar-refractivity contribution in [1.29, 1.82) is 0 Å². The van der Waals surface area contributed by atoms with E-state index in [1.165, 1.54) is 6.07 Å². The molecule has 6 heteroatoms. The van der Waals surface area contributed by atoms with Crippen LogP contribution in [0.1, 0.15) is 42.5 Å². The lowest BCUT2D eigenvalue weighted by molar-refractivity contribution is 0.00521. The van der Waals surface area contributed by atoms with E-state index in [2.05, 4.69) is 26.2 Å². The fourth-order valence-corrected chi connectivity index (χ4v) is 2.65. The van der Waals surface area contributed by atoms with Gasteiger partial charge in [-0.1, -0.05) is 19.3 Å². The molecule has 0 unspecified atom stereocenters. The maximum atomic E-state index is 13.5. The largest absolute Gasteiger partial charge is 0.388 e. The summed E-state index contributed by atoms with van der Waals surface area (Å²) in [6.45, 7) is 0.158. The molecule has 0 spiro atoms. The van der Waals surface area contributed by atoms with E-state index in [1.807, 2.05) is 0 Å². The third-order valence-corrected chi connectivity index (χ3v) is 3.86. The molecule has 1 aromatic heterocycles. The molecule has 1 amide bonds. The maximum Gasteiger partial charge on any atom is 0.254 e. The molecule has 0 aliphatic heterocycles. The fourth-order valence-electron chi connectivity index (χ4n) is 2.31. The number of hydrogen-bond acceptors (Lipinski definition) is 3. The van der Waals surface area contributed by atoms with Crippen molar-refractivity contribution in [3.63, 3.8) is 0 Å². The minimum absolute atomic E-state index is 0.0683. The van der Waals surface area contributed by atoms with E-state index in [9.17, 15) is 14.3 Å². The Hall–Kier alpha value is -1.01. The number of carbonyl (C=O) groups excluding carboxylic acids is 1. The number of pyridine rings is 1. The molecule has 2 rings (SSSR count). The van der Waals surface area contributed by atoms with Crippen LogP contribution in [-0.4, -0.2) is 28.1 Å². The van der Waals surface area contributed by atoms with Crippen LogP contribution in [0, 0.1) is 5.82 Å². The van der Waals surface area contributed by atoms with Gasteiger partial charge >= 0.3 is 0 Å². The highest BCUT2D eigenvalue weighted by molar-refractivity contribution is 9.10. The first-order valence-electron chi connectivity index (χ1n) is 6.32. The van der Waals surface area contributed by atoms with Crippen molar-refractivity contribution in [1.82, 2.24) is 10.3 Å². The first-order chi connectivity index (χ1) is 9.00. The third kappa shape index (κ3) is 3.73. The lowest BCUT2D eigenvalue weighted by Gasteiger charge is -2.32. The van der Waals surface area contributed by atoms with E-state index in [0.717, 1.165) is 25.5 Å². The van der Waals surface area contributed by atoms with Gasteiger partial charge in [-0.2, -0.15) is 0 Å². The molecule has 1 fully saturated rings. The molecule has 104 valence electrons. The van der Waals surface area contributed by atoms with Crippen LogP contribution in [0.4, 0.5) is 4.39 Å². The van der Waals surface area contributed by atoms with Crippen LogP contribution in [0.3, 0.4) is 0 Å². The van der Waals surface area contributed by atoms with Crippen LogP contribution in [0.25, 0.3) is 0 Å². The van der Waals surface area contributed by atoms with Crippen molar-refractivity contribution >= 4 is 21.8 Å². The Balaban J connectivity index is 1.99. The monoisotopic (exact) mass is 330 g/mol. The zero-order valence-electron chi connectivity index (χ0n) is 10.5. The number of hydrogen-bond donors (Lipinski definition) is 2. The molecule has 0 aromatic carbocycles. The molecule has 1 aliphatic rings. The van der Waals surface area contributed by atoms with Gasteiger partial charge in [-0.15, -0.1) is 0 Å². The molecule has 1 heterocycles. The van der Waals surface area contributed by atoms with Gasteiger partial charge in [-0.25, -0.2) is 9.37 Å². The first-order valence-corrected chi connectivity index (χ1v) is 7.11. The second-order valence-electron chi connectivity index (χ2n) is 4.95. The summed E-state index contributed by atoms with van der Waals surface area (Å²) in [7, 11) is 0. The first kappa shape index (κ1) is 14.4. The average molecular weight is 331 g/mol. The lowest BCUT2D eigenvalue weighted by Crippen LogP contribution is -2.44. The molecular formula is C13H16BrFN2O2. The van der Waals surface area contributed by atoms with Crippen molar-refractivity contribution < 1.29 is 14.3 Å². The SMILES string of the molecule is O=C(NCC1(O)CCCCC1)c1cc(Br)ncc1F. The number of nitrogens with zero attached hydrogens (tertiary/aromatic N) is 1. The summed E-state index contributed by atoms with van der Waals surface area (Å²) in [5, 5.41) is 12.9. The van der Waals surface area contributed by atoms with E-state index >= 15 is 0 Å². The van der Waals surface area contributed by atoms with Gasteiger partial charge in [0, 0.05) is 6.54 Å². The Labute approximate surface area is 119 Å². The van der Waals surface area contributed by atoms with Crippen LogP contribution in [0.15, 0.2) is 16.9 Å². The third-order valence-electron chi connectivity index (χ3n) is 3.43. The van der Waals surface area contributed by atoms with Crippen LogP contribution < -0.4 is 5.32 Å². The van der Waals surface area contributed by atoms with Gasteiger partial charge in [0.15, 0.2) is 5.82 Å². The molecule has 0 atom stereocenters. The number of aromatic nitrogens is 1. The summed E-state index contributed by atoms with van der Waals surface area (Å²) in [6.07, 6.45) is 5.38. The summed E-state index contributed by atoms with van der Waals surface area (Å²) >= 11 is 3.10. The molecule has 0 radical (unpaired) electrons. The second-order valence-corrected chi connectivity index (χ2v) is 5.77. The van der Waals surface area contributed by atoms with Gasteiger partial charge in [-0.05, 0) is 34.8 Å². The van der Waals surface area contributed by atoms with Crippen molar-refractivity contribution in [2.45, 2.75) is 37.7 Å². The molecule has 0 saturated heterocycles. The Kier molecular flexibility index (Phi) is 4.52. The van der Waals surface area contributed by atoms with Crippen molar-refractivity contribution in [2.24, 2.45) is 0 Å². The summed E-state index contributed by atoms with van der Waals surface area (Å²) in [6, 6.07) is 1.33. The number of amides is 1. The van der Waals surface area contributed by atoms with Gasteiger partial charge in [0.1, 0.15) is 4.60 Å². The van der Waals surface area contributed by atoms with E-state index < -0.39 is 17.3 Å². The number of aliphatic hydroxyl groups is 1. The van der Waals surface area contributed by atoms with E-state index in [1.54, 1.807) is 0 Å². The Bertz CT molecular complexity index is 476. The summed E-state index contributed by atoms with van der Waals surface area (Å²) in [5.41, 5.74) is -0.921. The Morgan fingerprint density at radius 2 is 2.16 bits per heavy atom. The van der Waals surface area contributed by atoms with E-state index in [0.29, 0.717) is 17.4 Å². The zero-order chi connectivity index (χ0) is 13.9. The average Bonchev–Trinajstić information content (AvgIpc) is 2.40. The van der Waals surface area contributed by atoms with E-state index in [-0.39, 0.29) is 12.1 Å². The van der Waals surface area contributed by atoms with Crippen LogP contribution in [0.2, 0.25) is 0 Å². The summed E-state index contributed by atoms with van der Waals surface area (Å²) in [5.74, 6) is -1.20. The number of nitrogens with one attached hydrogen (secondary N) is 1. The molecule has 0 bridgehead atoms. The van der Waals surface area contributed by atoms with Gasteiger partial charge in [0.25, 0.3) is 5.91 Å². The van der Waals surface area contributed by atoms with Gasteiger partial charge in [0.05, 0.1) is 17.4 Å². The highest BCUT2D eigenvalue weighted by Crippen LogP contribution is 2.27. The topological polar surface area (TPSA) is 62.2 Å². The van der Waals surface area contributed by atoms with E-state index in [4.69, 9.17) is 0 Å².